The van der Waals surface area contributed by atoms with Gasteiger partial charge in [-0.25, -0.2) is 14.8 Å². The van der Waals surface area contributed by atoms with Gasteiger partial charge in [0.1, 0.15) is 29.1 Å². The molecular weight excluding hydrogens is 484 g/mol. The molecule has 200 valence electrons. The number of esters is 1. The number of likely N-dealkylation sites (tertiary alicyclic amines) is 1. The number of amides is 1. The van der Waals surface area contributed by atoms with E-state index in [0.29, 0.717) is 48.2 Å². The Hall–Kier alpha value is -3.79. The van der Waals surface area contributed by atoms with Crippen LogP contribution in [0.15, 0.2) is 30.6 Å². The third-order valence-corrected chi connectivity index (χ3v) is 7.05. The number of rotatable bonds is 7. The van der Waals surface area contributed by atoms with Crippen molar-refractivity contribution in [2.75, 3.05) is 18.4 Å². The lowest BCUT2D eigenvalue weighted by Crippen LogP contribution is -2.55. The molecule has 3 N–H and O–H groups in total. The predicted molar refractivity (Wildman–Crippen MR) is 143 cm³/mol. The van der Waals surface area contributed by atoms with Crippen LogP contribution in [-0.2, 0) is 21.5 Å². The molecule has 0 saturated carbocycles. The Labute approximate surface area is 221 Å². The van der Waals surface area contributed by atoms with Gasteiger partial charge in [-0.05, 0) is 45.4 Å². The van der Waals surface area contributed by atoms with Gasteiger partial charge < -0.3 is 25.4 Å². The Morgan fingerprint density at radius 3 is 2.71 bits per heavy atom. The van der Waals surface area contributed by atoms with Crippen molar-refractivity contribution in [2.24, 2.45) is 5.73 Å². The van der Waals surface area contributed by atoms with Crippen LogP contribution in [0.1, 0.15) is 69.2 Å². The van der Waals surface area contributed by atoms with E-state index >= 15 is 0 Å². The number of fused-ring (bicyclic) bond motifs is 2. The molecule has 2 aliphatic rings. The highest BCUT2D eigenvalue weighted by Gasteiger charge is 2.34. The normalized spacial score (nSPS) is 18.3. The fraction of sp³-hybridized carbons (Fsp3) is 0.464. The van der Waals surface area contributed by atoms with Crippen LogP contribution >= 0.6 is 0 Å². The molecule has 10 heteroatoms. The second-order valence-electron chi connectivity index (χ2n) is 11.1. The summed E-state index contributed by atoms with van der Waals surface area (Å²) in [5.74, 6) is 1.43. The van der Waals surface area contributed by atoms with Crippen LogP contribution in [0.4, 0.5) is 11.6 Å². The van der Waals surface area contributed by atoms with Gasteiger partial charge >= 0.3 is 5.97 Å². The maximum atomic E-state index is 12.3. The molecule has 1 saturated heterocycles. The SMILES string of the molecule is CCC[C@](C)(N)c1ncc(OC2CN(C(C)=O)C2)c2cnc(Nc3ccc4c(n3)CC(C)(C)OC4=O)cc12. The Bertz CT molecular complexity index is 1410. The summed E-state index contributed by atoms with van der Waals surface area (Å²) in [6.07, 6.45) is 5.55. The molecule has 0 aliphatic carbocycles. The number of nitrogens with one attached hydrogen (secondary N) is 1. The van der Waals surface area contributed by atoms with Gasteiger partial charge in [-0.3, -0.25) is 9.78 Å². The van der Waals surface area contributed by atoms with Crippen LogP contribution in [0.25, 0.3) is 10.8 Å². The van der Waals surface area contributed by atoms with E-state index < -0.39 is 11.1 Å². The van der Waals surface area contributed by atoms with Gasteiger partial charge in [0, 0.05) is 30.3 Å². The number of carbonyl (C=O) groups excluding carboxylic acids is 2. The fourth-order valence-corrected chi connectivity index (χ4v) is 5.08. The van der Waals surface area contributed by atoms with Crippen LogP contribution in [-0.4, -0.2) is 56.5 Å². The van der Waals surface area contributed by atoms with Gasteiger partial charge in [0.15, 0.2) is 0 Å². The smallest absolute Gasteiger partial charge is 0.340 e. The Kier molecular flexibility index (Phi) is 6.46. The van der Waals surface area contributed by atoms with Crippen LogP contribution in [0.3, 0.4) is 0 Å². The van der Waals surface area contributed by atoms with Crippen molar-refractivity contribution in [3.63, 3.8) is 0 Å². The number of anilines is 2. The number of nitrogens with two attached hydrogens (primary N) is 1. The minimum Gasteiger partial charge on any atom is -0.484 e. The van der Waals surface area contributed by atoms with E-state index in [1.54, 1.807) is 36.4 Å². The Morgan fingerprint density at radius 1 is 1.24 bits per heavy atom. The van der Waals surface area contributed by atoms with Crippen molar-refractivity contribution >= 4 is 34.3 Å². The van der Waals surface area contributed by atoms with E-state index in [-0.39, 0.29) is 18.0 Å². The average Bonchev–Trinajstić information content (AvgIpc) is 2.79. The van der Waals surface area contributed by atoms with Gasteiger partial charge in [0.2, 0.25) is 5.91 Å². The summed E-state index contributed by atoms with van der Waals surface area (Å²) in [7, 11) is 0. The van der Waals surface area contributed by atoms with E-state index in [1.807, 2.05) is 26.8 Å². The summed E-state index contributed by atoms with van der Waals surface area (Å²) in [4.78, 5) is 39.7. The summed E-state index contributed by atoms with van der Waals surface area (Å²) in [5.41, 5.74) is 7.39. The number of carbonyl (C=O) groups is 2. The first-order chi connectivity index (χ1) is 18.0. The third-order valence-electron chi connectivity index (χ3n) is 7.05. The highest BCUT2D eigenvalue weighted by Crippen LogP contribution is 2.36. The van der Waals surface area contributed by atoms with Crippen molar-refractivity contribution in [3.05, 3.63) is 47.5 Å². The molecule has 5 rings (SSSR count). The number of aromatic nitrogens is 3. The molecule has 38 heavy (non-hydrogen) atoms. The second kappa shape index (κ2) is 9.50. The van der Waals surface area contributed by atoms with Crippen molar-refractivity contribution in [1.29, 1.82) is 0 Å². The minimum absolute atomic E-state index is 0.0373. The highest BCUT2D eigenvalue weighted by molar-refractivity contribution is 5.93. The number of ether oxygens (including phenoxy) is 2. The molecule has 0 aromatic carbocycles. The molecule has 5 heterocycles. The Morgan fingerprint density at radius 2 is 2.00 bits per heavy atom. The molecule has 2 aliphatic heterocycles. The topological polar surface area (TPSA) is 133 Å². The molecule has 0 radical (unpaired) electrons. The standard InChI is InChI=1S/C28H34N6O4/c1-6-9-28(5,29)25-19-10-24(33-23-8-7-18-21(32-23)11-27(3,4)38-26(18)36)30-12-20(19)22(13-31-25)37-17-14-34(15-17)16(2)35/h7-8,10,12-13,17H,6,9,11,14-15,29H2,1-5H3,(H,30,32,33)/t28-/m0/s1. The number of cyclic esters (lactones) is 1. The van der Waals surface area contributed by atoms with Crippen molar-refractivity contribution in [2.45, 2.75) is 71.1 Å². The number of nitrogens with zero attached hydrogens (tertiary/aromatic N) is 4. The number of hydrogen-bond donors (Lipinski definition) is 2. The van der Waals surface area contributed by atoms with Gasteiger partial charge in [0.05, 0.1) is 41.8 Å². The summed E-state index contributed by atoms with van der Waals surface area (Å²) in [6.45, 7) is 10.5. The van der Waals surface area contributed by atoms with Crippen LogP contribution in [0, 0.1) is 0 Å². The van der Waals surface area contributed by atoms with Gasteiger partial charge in [-0.1, -0.05) is 13.3 Å². The zero-order valence-corrected chi connectivity index (χ0v) is 22.5. The molecular formula is C28H34N6O4. The summed E-state index contributed by atoms with van der Waals surface area (Å²) in [6, 6.07) is 5.38. The molecule has 1 amide bonds. The quantitative estimate of drug-likeness (QED) is 0.448. The summed E-state index contributed by atoms with van der Waals surface area (Å²) < 4.78 is 11.7. The monoisotopic (exact) mass is 518 g/mol. The molecule has 3 aromatic rings. The van der Waals surface area contributed by atoms with Crippen molar-refractivity contribution < 1.29 is 19.1 Å². The van der Waals surface area contributed by atoms with E-state index in [4.69, 9.17) is 20.2 Å². The zero-order valence-electron chi connectivity index (χ0n) is 22.5. The lowest BCUT2D eigenvalue weighted by molar-refractivity contribution is -0.137. The highest BCUT2D eigenvalue weighted by atomic mass is 16.6. The van der Waals surface area contributed by atoms with E-state index in [1.165, 1.54) is 0 Å². The van der Waals surface area contributed by atoms with Crippen LogP contribution < -0.4 is 15.8 Å². The van der Waals surface area contributed by atoms with Crippen LogP contribution in [0.2, 0.25) is 0 Å². The van der Waals surface area contributed by atoms with E-state index in [2.05, 4.69) is 22.2 Å². The first kappa shape index (κ1) is 25.8. The predicted octanol–water partition coefficient (Wildman–Crippen LogP) is 3.84. The van der Waals surface area contributed by atoms with Crippen LogP contribution in [0.5, 0.6) is 5.75 Å². The first-order valence-corrected chi connectivity index (χ1v) is 13.0. The van der Waals surface area contributed by atoms with Gasteiger partial charge in [-0.15, -0.1) is 0 Å². The van der Waals surface area contributed by atoms with E-state index in [0.717, 1.165) is 29.3 Å². The molecule has 1 fully saturated rings. The minimum atomic E-state index is -0.651. The maximum Gasteiger partial charge on any atom is 0.340 e. The first-order valence-electron chi connectivity index (χ1n) is 13.0. The van der Waals surface area contributed by atoms with Crippen molar-refractivity contribution in [1.82, 2.24) is 19.9 Å². The zero-order chi connectivity index (χ0) is 27.2. The summed E-state index contributed by atoms with van der Waals surface area (Å²) >= 11 is 0. The molecule has 0 spiro atoms. The number of hydrogen-bond acceptors (Lipinski definition) is 9. The molecule has 3 aromatic heterocycles. The lowest BCUT2D eigenvalue weighted by atomic mass is 9.90. The fourth-order valence-electron chi connectivity index (χ4n) is 5.08. The molecule has 1 atom stereocenters. The van der Waals surface area contributed by atoms with Crippen molar-refractivity contribution in [3.8, 4) is 5.75 Å². The Balaban J connectivity index is 1.48. The maximum absolute atomic E-state index is 12.3. The van der Waals surface area contributed by atoms with Gasteiger partial charge in [-0.2, -0.15) is 0 Å². The van der Waals surface area contributed by atoms with Gasteiger partial charge in [0.25, 0.3) is 0 Å². The lowest BCUT2D eigenvalue weighted by Gasteiger charge is -2.38. The summed E-state index contributed by atoms with van der Waals surface area (Å²) in [5, 5.41) is 4.91. The largest absolute Gasteiger partial charge is 0.484 e. The second-order valence-corrected chi connectivity index (χ2v) is 11.1. The average molecular weight is 519 g/mol. The molecule has 0 bridgehead atoms. The third kappa shape index (κ3) is 5.00. The molecule has 10 nitrogen and oxygen atoms in total. The molecule has 0 unspecified atom stereocenters. The van der Waals surface area contributed by atoms with E-state index in [9.17, 15) is 9.59 Å². The number of pyridine rings is 3.